The second kappa shape index (κ2) is 6.78. The summed E-state index contributed by atoms with van der Waals surface area (Å²) < 4.78 is 0. The zero-order chi connectivity index (χ0) is 14.5. The number of benzene rings is 1. The van der Waals surface area contributed by atoms with Crippen molar-refractivity contribution in [3.05, 3.63) is 29.8 Å². The Labute approximate surface area is 123 Å². The molecule has 0 spiro atoms. The van der Waals surface area contributed by atoms with Crippen LogP contribution in [0.15, 0.2) is 29.2 Å². The highest BCUT2D eigenvalue weighted by Gasteiger charge is 2.29. The Bertz CT molecular complexity index is 525. The predicted molar refractivity (Wildman–Crippen MR) is 78.5 cm³/mol. The highest BCUT2D eigenvalue weighted by atomic mass is 32.2. The van der Waals surface area contributed by atoms with Gasteiger partial charge in [-0.2, -0.15) is 5.26 Å². The summed E-state index contributed by atoms with van der Waals surface area (Å²) >= 11 is 1.43. The Kier molecular flexibility index (Phi) is 5.05. The van der Waals surface area contributed by atoms with Crippen LogP contribution >= 0.6 is 11.8 Å². The Morgan fingerprint density at radius 2 is 2.45 bits per heavy atom. The molecule has 0 aromatic heterocycles. The van der Waals surface area contributed by atoms with Crippen LogP contribution < -0.4 is 0 Å². The lowest BCUT2D eigenvalue weighted by Gasteiger charge is -2.18. The zero-order valence-corrected chi connectivity index (χ0v) is 12.3. The molecule has 1 heterocycles. The van der Waals surface area contributed by atoms with Crippen LogP contribution in [0.1, 0.15) is 23.7 Å². The number of aliphatic hydroxyl groups is 1. The monoisotopic (exact) mass is 290 g/mol. The third-order valence-corrected chi connectivity index (χ3v) is 4.44. The van der Waals surface area contributed by atoms with Gasteiger partial charge in [0.05, 0.1) is 17.9 Å². The molecule has 1 aliphatic rings. The molecule has 4 nitrogen and oxygen atoms in total. The van der Waals surface area contributed by atoms with E-state index < -0.39 is 0 Å². The molecular formula is C15H18N2O2S. The maximum Gasteiger partial charge on any atom is 0.253 e. The van der Waals surface area contributed by atoms with Gasteiger partial charge >= 0.3 is 0 Å². The summed E-state index contributed by atoms with van der Waals surface area (Å²) in [7, 11) is 0. The molecule has 20 heavy (non-hydrogen) atoms. The third kappa shape index (κ3) is 3.53. The molecule has 2 rings (SSSR count). The lowest BCUT2D eigenvalue weighted by atomic mass is 10.0. The SMILES string of the molecule is CC(O)C1CCN(C(=O)c2cccc(SCC#N)c2)C1. The molecule has 1 amide bonds. The summed E-state index contributed by atoms with van der Waals surface area (Å²) in [4.78, 5) is 15.1. The predicted octanol–water partition coefficient (Wildman–Crippen LogP) is 2.15. The van der Waals surface area contributed by atoms with Crippen molar-refractivity contribution in [1.29, 1.82) is 5.26 Å². The van der Waals surface area contributed by atoms with Crippen LogP contribution in [-0.2, 0) is 0 Å². The molecule has 5 heteroatoms. The Morgan fingerprint density at radius 3 is 3.10 bits per heavy atom. The van der Waals surface area contributed by atoms with Crippen molar-refractivity contribution >= 4 is 17.7 Å². The molecule has 1 aromatic rings. The van der Waals surface area contributed by atoms with Gasteiger partial charge in [-0.1, -0.05) is 6.07 Å². The van der Waals surface area contributed by atoms with Gasteiger partial charge in [-0.25, -0.2) is 0 Å². The summed E-state index contributed by atoms with van der Waals surface area (Å²) in [5, 5.41) is 18.2. The second-order valence-corrected chi connectivity index (χ2v) is 6.06. The molecule has 1 saturated heterocycles. The van der Waals surface area contributed by atoms with Gasteiger partial charge in [-0.3, -0.25) is 4.79 Å². The van der Waals surface area contributed by atoms with E-state index in [9.17, 15) is 9.90 Å². The number of aliphatic hydroxyl groups excluding tert-OH is 1. The van der Waals surface area contributed by atoms with Crippen LogP contribution in [0.3, 0.4) is 0 Å². The maximum atomic E-state index is 12.4. The number of rotatable bonds is 4. The average molecular weight is 290 g/mol. The van der Waals surface area contributed by atoms with Gasteiger partial charge in [-0.15, -0.1) is 11.8 Å². The molecule has 1 aromatic carbocycles. The van der Waals surface area contributed by atoms with E-state index in [1.165, 1.54) is 11.8 Å². The van der Waals surface area contributed by atoms with Crippen LogP contribution in [-0.4, -0.2) is 40.9 Å². The summed E-state index contributed by atoms with van der Waals surface area (Å²) in [6.07, 6.45) is 0.483. The first-order valence-corrected chi connectivity index (χ1v) is 7.67. The van der Waals surface area contributed by atoms with Gasteiger partial charge < -0.3 is 10.0 Å². The van der Waals surface area contributed by atoms with E-state index in [1.807, 2.05) is 18.2 Å². The summed E-state index contributed by atoms with van der Waals surface area (Å²) in [6.45, 7) is 3.09. The number of nitriles is 1. The number of amides is 1. The van der Waals surface area contributed by atoms with E-state index in [0.29, 0.717) is 24.4 Å². The fourth-order valence-corrected chi connectivity index (χ4v) is 3.00. The number of likely N-dealkylation sites (tertiary alicyclic amines) is 1. The molecule has 1 N–H and O–H groups in total. The van der Waals surface area contributed by atoms with E-state index in [-0.39, 0.29) is 17.9 Å². The van der Waals surface area contributed by atoms with Gasteiger partial charge in [0.1, 0.15) is 0 Å². The quantitative estimate of drug-likeness (QED) is 0.863. The highest BCUT2D eigenvalue weighted by Crippen LogP contribution is 2.23. The molecule has 0 aliphatic carbocycles. The van der Waals surface area contributed by atoms with E-state index in [2.05, 4.69) is 6.07 Å². The van der Waals surface area contributed by atoms with Gasteiger partial charge in [0, 0.05) is 29.5 Å². The lowest BCUT2D eigenvalue weighted by Crippen LogP contribution is -2.30. The molecule has 0 radical (unpaired) electrons. The molecule has 0 bridgehead atoms. The van der Waals surface area contributed by atoms with Crippen molar-refractivity contribution in [2.45, 2.75) is 24.3 Å². The fourth-order valence-electron chi connectivity index (χ4n) is 2.38. The molecule has 1 aliphatic heterocycles. The van der Waals surface area contributed by atoms with Crippen molar-refractivity contribution in [1.82, 2.24) is 4.90 Å². The van der Waals surface area contributed by atoms with Crippen molar-refractivity contribution < 1.29 is 9.90 Å². The van der Waals surface area contributed by atoms with Crippen molar-refractivity contribution in [3.8, 4) is 6.07 Å². The van der Waals surface area contributed by atoms with Crippen molar-refractivity contribution in [3.63, 3.8) is 0 Å². The van der Waals surface area contributed by atoms with Crippen LogP contribution in [0, 0.1) is 17.2 Å². The van der Waals surface area contributed by atoms with E-state index in [1.54, 1.807) is 17.9 Å². The lowest BCUT2D eigenvalue weighted by molar-refractivity contribution is 0.0762. The number of thioether (sulfide) groups is 1. The first-order chi connectivity index (χ1) is 9.61. The molecule has 106 valence electrons. The number of carbonyl (C=O) groups is 1. The van der Waals surface area contributed by atoms with Gasteiger partial charge in [0.25, 0.3) is 5.91 Å². The minimum Gasteiger partial charge on any atom is -0.393 e. The van der Waals surface area contributed by atoms with E-state index >= 15 is 0 Å². The number of hydrogen-bond donors (Lipinski definition) is 1. The molecule has 0 saturated carbocycles. The van der Waals surface area contributed by atoms with Crippen LogP contribution in [0.4, 0.5) is 0 Å². The zero-order valence-electron chi connectivity index (χ0n) is 11.5. The Balaban J connectivity index is 2.04. The summed E-state index contributed by atoms with van der Waals surface area (Å²) in [6, 6.07) is 9.46. The van der Waals surface area contributed by atoms with Crippen LogP contribution in [0.25, 0.3) is 0 Å². The largest absolute Gasteiger partial charge is 0.393 e. The van der Waals surface area contributed by atoms with Gasteiger partial charge in [0.15, 0.2) is 0 Å². The Morgan fingerprint density at radius 1 is 1.65 bits per heavy atom. The minimum absolute atomic E-state index is 0.00700. The second-order valence-electron chi connectivity index (χ2n) is 5.02. The molecule has 2 atom stereocenters. The number of hydrogen-bond acceptors (Lipinski definition) is 4. The maximum absolute atomic E-state index is 12.4. The van der Waals surface area contributed by atoms with Crippen LogP contribution in [0.5, 0.6) is 0 Å². The first kappa shape index (κ1) is 14.9. The smallest absolute Gasteiger partial charge is 0.253 e. The van der Waals surface area contributed by atoms with Crippen molar-refractivity contribution in [2.75, 3.05) is 18.8 Å². The van der Waals surface area contributed by atoms with E-state index in [4.69, 9.17) is 5.26 Å². The first-order valence-electron chi connectivity index (χ1n) is 6.69. The summed E-state index contributed by atoms with van der Waals surface area (Å²) in [5.74, 6) is 0.563. The normalized spacial score (nSPS) is 19.6. The standard InChI is InChI=1S/C15H18N2O2S/c1-11(18)13-5-7-17(10-13)15(19)12-3-2-4-14(9-12)20-8-6-16/h2-4,9,11,13,18H,5,7-8,10H2,1H3. The van der Waals surface area contributed by atoms with Crippen molar-refractivity contribution in [2.24, 2.45) is 5.92 Å². The van der Waals surface area contributed by atoms with Crippen LogP contribution in [0.2, 0.25) is 0 Å². The molecule has 2 unspecified atom stereocenters. The summed E-state index contributed by atoms with van der Waals surface area (Å²) in [5.41, 5.74) is 0.652. The van der Waals surface area contributed by atoms with Gasteiger partial charge in [0.2, 0.25) is 0 Å². The Hall–Kier alpha value is -1.51. The number of carbonyl (C=O) groups excluding carboxylic acids is 1. The average Bonchev–Trinajstić information content (AvgIpc) is 2.94. The highest BCUT2D eigenvalue weighted by molar-refractivity contribution is 7.99. The fraction of sp³-hybridized carbons (Fsp3) is 0.467. The van der Waals surface area contributed by atoms with E-state index in [0.717, 1.165) is 11.3 Å². The third-order valence-electron chi connectivity index (χ3n) is 3.58. The topological polar surface area (TPSA) is 64.3 Å². The molecular weight excluding hydrogens is 272 g/mol. The molecule has 1 fully saturated rings. The van der Waals surface area contributed by atoms with Gasteiger partial charge in [-0.05, 0) is 31.5 Å². The minimum atomic E-state index is -0.370. The number of nitrogens with zero attached hydrogens (tertiary/aromatic N) is 2.